The summed E-state index contributed by atoms with van der Waals surface area (Å²) in [5, 5.41) is 0. The van der Waals surface area contributed by atoms with Crippen LogP contribution in [0.4, 0.5) is 0 Å². The molecule has 0 unspecified atom stereocenters. The minimum atomic E-state index is 0.565. The van der Waals surface area contributed by atoms with E-state index in [2.05, 4.69) is 69.3 Å². The first-order valence-electron chi connectivity index (χ1n) is 5.84. The van der Waals surface area contributed by atoms with E-state index in [9.17, 15) is 0 Å². The van der Waals surface area contributed by atoms with E-state index < -0.39 is 0 Å². The molecule has 0 heteroatoms. The molecule has 16 heavy (non-hydrogen) atoms. The van der Waals surface area contributed by atoms with Crippen molar-refractivity contribution in [2.45, 2.75) is 26.7 Å². The van der Waals surface area contributed by atoms with Crippen LogP contribution in [0.25, 0.3) is 11.1 Å². The van der Waals surface area contributed by atoms with Crippen LogP contribution in [-0.4, -0.2) is 0 Å². The Morgan fingerprint density at radius 2 is 1.56 bits per heavy atom. The van der Waals surface area contributed by atoms with Crippen LogP contribution in [0.15, 0.2) is 48.5 Å². The molecular formula is C16H18. The van der Waals surface area contributed by atoms with Crippen molar-refractivity contribution < 1.29 is 0 Å². The summed E-state index contributed by atoms with van der Waals surface area (Å²) in [6, 6.07) is 17.3. The minimum absolute atomic E-state index is 0.565. The second-order valence-electron chi connectivity index (χ2n) is 4.61. The van der Waals surface area contributed by atoms with Crippen LogP contribution >= 0.6 is 0 Å². The molecule has 0 saturated carbocycles. The van der Waals surface area contributed by atoms with Gasteiger partial charge in [-0.2, -0.15) is 0 Å². The van der Waals surface area contributed by atoms with Crippen molar-refractivity contribution in [3.63, 3.8) is 0 Å². The Bertz CT molecular complexity index is 467. The maximum Gasteiger partial charge on any atom is -0.0149 e. The summed E-state index contributed by atoms with van der Waals surface area (Å²) in [4.78, 5) is 0. The SMILES string of the molecule is Cc1ccc(-c2ccccc2)c(C(C)C)c1. The zero-order valence-electron chi connectivity index (χ0n) is 10.2. The van der Waals surface area contributed by atoms with Gasteiger partial charge in [-0.05, 0) is 29.5 Å². The zero-order chi connectivity index (χ0) is 11.5. The van der Waals surface area contributed by atoms with Gasteiger partial charge >= 0.3 is 0 Å². The molecule has 0 spiro atoms. The van der Waals surface area contributed by atoms with Crippen molar-refractivity contribution in [3.8, 4) is 11.1 Å². The normalized spacial score (nSPS) is 10.8. The summed E-state index contributed by atoms with van der Waals surface area (Å²) in [7, 11) is 0. The Morgan fingerprint density at radius 1 is 0.875 bits per heavy atom. The van der Waals surface area contributed by atoms with Gasteiger partial charge in [0.1, 0.15) is 0 Å². The Hall–Kier alpha value is -1.56. The van der Waals surface area contributed by atoms with Crippen LogP contribution in [0.2, 0.25) is 0 Å². The van der Waals surface area contributed by atoms with Gasteiger partial charge in [-0.15, -0.1) is 0 Å². The van der Waals surface area contributed by atoms with E-state index >= 15 is 0 Å². The molecule has 2 rings (SSSR count). The summed E-state index contributed by atoms with van der Waals surface area (Å²) in [6.45, 7) is 6.66. The van der Waals surface area contributed by atoms with Crippen molar-refractivity contribution in [2.75, 3.05) is 0 Å². The van der Waals surface area contributed by atoms with E-state index in [0.717, 1.165) is 0 Å². The summed E-state index contributed by atoms with van der Waals surface area (Å²) in [5.74, 6) is 0.565. The highest BCUT2D eigenvalue weighted by atomic mass is 14.1. The van der Waals surface area contributed by atoms with Gasteiger partial charge in [0.15, 0.2) is 0 Å². The molecule has 0 nitrogen and oxygen atoms in total. The van der Waals surface area contributed by atoms with Crippen molar-refractivity contribution >= 4 is 0 Å². The molecule has 0 amide bonds. The molecule has 0 bridgehead atoms. The fourth-order valence-corrected chi connectivity index (χ4v) is 2.04. The number of rotatable bonds is 2. The largest absolute Gasteiger partial charge is 0.0622 e. The van der Waals surface area contributed by atoms with E-state index in [1.165, 1.54) is 22.3 Å². The Morgan fingerprint density at radius 3 is 2.19 bits per heavy atom. The first-order valence-corrected chi connectivity index (χ1v) is 5.84. The smallest absolute Gasteiger partial charge is 0.0149 e. The summed E-state index contributed by atoms with van der Waals surface area (Å²) >= 11 is 0. The number of benzene rings is 2. The third kappa shape index (κ3) is 2.16. The van der Waals surface area contributed by atoms with Crippen LogP contribution in [-0.2, 0) is 0 Å². The molecule has 0 aliphatic heterocycles. The molecule has 0 heterocycles. The van der Waals surface area contributed by atoms with Crippen molar-refractivity contribution in [1.29, 1.82) is 0 Å². The highest BCUT2D eigenvalue weighted by Gasteiger charge is 2.08. The fraction of sp³-hybridized carbons (Fsp3) is 0.250. The summed E-state index contributed by atoms with van der Waals surface area (Å²) in [5.41, 5.74) is 5.45. The molecule has 0 radical (unpaired) electrons. The predicted molar refractivity (Wildman–Crippen MR) is 70.7 cm³/mol. The summed E-state index contributed by atoms with van der Waals surface area (Å²) < 4.78 is 0. The lowest BCUT2D eigenvalue weighted by Crippen LogP contribution is -1.93. The maximum absolute atomic E-state index is 2.30. The molecule has 0 aliphatic carbocycles. The molecule has 0 saturated heterocycles. The van der Waals surface area contributed by atoms with Crippen LogP contribution in [0.3, 0.4) is 0 Å². The van der Waals surface area contributed by atoms with E-state index in [4.69, 9.17) is 0 Å². The topological polar surface area (TPSA) is 0 Å². The molecule has 0 atom stereocenters. The summed E-state index contributed by atoms with van der Waals surface area (Å²) in [6.07, 6.45) is 0. The average molecular weight is 210 g/mol. The van der Waals surface area contributed by atoms with Crippen LogP contribution in [0.1, 0.15) is 30.9 Å². The van der Waals surface area contributed by atoms with Crippen LogP contribution < -0.4 is 0 Å². The lowest BCUT2D eigenvalue weighted by Gasteiger charge is -2.14. The van der Waals surface area contributed by atoms with Crippen LogP contribution in [0, 0.1) is 6.92 Å². The van der Waals surface area contributed by atoms with E-state index in [1.54, 1.807) is 0 Å². The standard InChI is InChI=1S/C16H18/c1-12(2)16-11-13(3)9-10-15(16)14-7-5-4-6-8-14/h4-12H,1-3H3. The lowest BCUT2D eigenvalue weighted by atomic mass is 9.91. The van der Waals surface area contributed by atoms with Gasteiger partial charge in [-0.25, -0.2) is 0 Å². The highest BCUT2D eigenvalue weighted by Crippen LogP contribution is 2.29. The second-order valence-corrected chi connectivity index (χ2v) is 4.61. The third-order valence-electron chi connectivity index (χ3n) is 2.91. The van der Waals surface area contributed by atoms with Gasteiger partial charge in [-0.1, -0.05) is 67.9 Å². The number of hydrogen-bond donors (Lipinski definition) is 0. The molecule has 0 aliphatic rings. The minimum Gasteiger partial charge on any atom is -0.0622 e. The van der Waals surface area contributed by atoms with Gasteiger partial charge in [0, 0.05) is 0 Å². The highest BCUT2D eigenvalue weighted by molar-refractivity contribution is 5.68. The molecule has 0 aromatic heterocycles. The first-order chi connectivity index (χ1) is 7.68. The first kappa shape index (κ1) is 10.9. The van der Waals surface area contributed by atoms with Gasteiger partial charge in [-0.3, -0.25) is 0 Å². The van der Waals surface area contributed by atoms with Gasteiger partial charge in [0.05, 0.1) is 0 Å². The zero-order valence-corrected chi connectivity index (χ0v) is 10.2. The molecule has 82 valence electrons. The van der Waals surface area contributed by atoms with Crippen LogP contribution in [0.5, 0.6) is 0 Å². The second kappa shape index (κ2) is 4.52. The molecule has 0 N–H and O–H groups in total. The van der Waals surface area contributed by atoms with Crippen molar-refractivity contribution in [3.05, 3.63) is 59.7 Å². The predicted octanol–water partition coefficient (Wildman–Crippen LogP) is 4.79. The quantitative estimate of drug-likeness (QED) is 0.668. The van der Waals surface area contributed by atoms with E-state index in [1.807, 2.05) is 0 Å². The van der Waals surface area contributed by atoms with Gasteiger partial charge in [0.2, 0.25) is 0 Å². The molecular weight excluding hydrogens is 192 g/mol. The van der Waals surface area contributed by atoms with Gasteiger partial charge in [0.25, 0.3) is 0 Å². The Labute approximate surface area is 97.9 Å². The van der Waals surface area contributed by atoms with E-state index in [-0.39, 0.29) is 0 Å². The Balaban J connectivity index is 2.57. The number of aryl methyl sites for hydroxylation is 1. The maximum atomic E-state index is 2.30. The molecule has 0 fully saturated rings. The lowest BCUT2D eigenvalue weighted by molar-refractivity contribution is 0.867. The number of hydrogen-bond acceptors (Lipinski definition) is 0. The van der Waals surface area contributed by atoms with E-state index in [0.29, 0.717) is 5.92 Å². The molecule has 2 aromatic carbocycles. The van der Waals surface area contributed by atoms with Crippen molar-refractivity contribution in [2.24, 2.45) is 0 Å². The molecule has 2 aromatic rings. The average Bonchev–Trinajstić information content (AvgIpc) is 2.30. The Kier molecular flexibility index (Phi) is 3.09. The monoisotopic (exact) mass is 210 g/mol. The fourth-order valence-electron chi connectivity index (χ4n) is 2.04. The van der Waals surface area contributed by atoms with Crippen molar-refractivity contribution in [1.82, 2.24) is 0 Å². The third-order valence-corrected chi connectivity index (χ3v) is 2.91. The van der Waals surface area contributed by atoms with Gasteiger partial charge < -0.3 is 0 Å².